The molecule has 0 saturated heterocycles. The molecule has 134 valence electrons. The fraction of sp³-hybridized carbons (Fsp3) is 0.0952. The van der Waals surface area contributed by atoms with Crippen molar-refractivity contribution in [2.75, 3.05) is 17.0 Å². The van der Waals surface area contributed by atoms with Crippen molar-refractivity contribution in [3.63, 3.8) is 0 Å². The van der Waals surface area contributed by atoms with E-state index in [1.54, 1.807) is 4.90 Å². The van der Waals surface area contributed by atoms with E-state index in [0.29, 0.717) is 11.3 Å². The zero-order valence-electron chi connectivity index (χ0n) is 14.2. The van der Waals surface area contributed by atoms with Gasteiger partial charge in [0.1, 0.15) is 6.17 Å². The Morgan fingerprint density at radius 1 is 0.963 bits per heavy atom. The fourth-order valence-corrected chi connectivity index (χ4v) is 3.70. The molecule has 1 N–H and O–H groups in total. The molecule has 0 radical (unpaired) electrons. The summed E-state index contributed by atoms with van der Waals surface area (Å²) in [6.07, 6.45) is -0.358. The molecule has 1 atom stereocenters. The maximum atomic E-state index is 13.3. The molecule has 3 aromatic carbocycles. The molecule has 0 saturated carbocycles. The SMILES string of the molecule is O=C1c2ccccc2N[C@H](c2ccc3c(c2)OCO3)N1c1ccc(Br)cc1. The highest BCUT2D eigenvalue weighted by atomic mass is 79.9. The number of rotatable bonds is 2. The normalized spacial score (nSPS) is 17.4. The third kappa shape index (κ3) is 2.73. The Hall–Kier alpha value is -2.99. The van der Waals surface area contributed by atoms with Gasteiger partial charge in [-0.3, -0.25) is 9.69 Å². The zero-order valence-corrected chi connectivity index (χ0v) is 15.8. The van der Waals surface area contributed by atoms with Crippen LogP contribution in [-0.2, 0) is 0 Å². The minimum Gasteiger partial charge on any atom is -0.454 e. The second-order valence-corrected chi connectivity index (χ2v) is 7.27. The van der Waals surface area contributed by atoms with Crippen molar-refractivity contribution in [2.45, 2.75) is 6.17 Å². The first kappa shape index (κ1) is 16.2. The van der Waals surface area contributed by atoms with Crippen molar-refractivity contribution in [1.82, 2.24) is 0 Å². The molecule has 0 aromatic heterocycles. The van der Waals surface area contributed by atoms with Gasteiger partial charge in [0.05, 0.1) is 5.56 Å². The van der Waals surface area contributed by atoms with E-state index in [2.05, 4.69) is 21.2 Å². The number of hydrogen-bond acceptors (Lipinski definition) is 4. The third-order valence-corrected chi connectivity index (χ3v) is 5.27. The van der Waals surface area contributed by atoms with Crippen LogP contribution < -0.4 is 19.7 Å². The molecule has 5 rings (SSSR count). The van der Waals surface area contributed by atoms with Crippen LogP contribution in [0.1, 0.15) is 22.1 Å². The molecule has 2 aliphatic heterocycles. The van der Waals surface area contributed by atoms with E-state index in [1.807, 2.05) is 66.7 Å². The second kappa shape index (κ2) is 6.32. The van der Waals surface area contributed by atoms with Gasteiger partial charge in [-0.05, 0) is 54.1 Å². The van der Waals surface area contributed by atoms with Crippen LogP contribution in [0.5, 0.6) is 11.5 Å². The van der Waals surface area contributed by atoms with Crippen LogP contribution in [0.2, 0.25) is 0 Å². The van der Waals surface area contributed by atoms with Crippen LogP contribution in [0.4, 0.5) is 11.4 Å². The number of nitrogens with one attached hydrogen (secondary N) is 1. The summed E-state index contributed by atoms with van der Waals surface area (Å²) in [6.45, 7) is 0.217. The molecule has 0 spiro atoms. The van der Waals surface area contributed by atoms with E-state index in [4.69, 9.17) is 9.47 Å². The number of nitrogens with zero attached hydrogens (tertiary/aromatic N) is 1. The Morgan fingerprint density at radius 2 is 1.74 bits per heavy atom. The van der Waals surface area contributed by atoms with Gasteiger partial charge in [-0.1, -0.05) is 34.1 Å². The van der Waals surface area contributed by atoms with E-state index in [1.165, 1.54) is 0 Å². The van der Waals surface area contributed by atoms with Gasteiger partial charge in [-0.25, -0.2) is 0 Å². The Morgan fingerprint density at radius 3 is 2.59 bits per heavy atom. The number of ether oxygens (including phenoxy) is 2. The van der Waals surface area contributed by atoms with Crippen molar-refractivity contribution < 1.29 is 14.3 Å². The van der Waals surface area contributed by atoms with Crippen molar-refractivity contribution in [3.05, 3.63) is 82.3 Å². The lowest BCUT2D eigenvalue weighted by molar-refractivity contribution is 0.0975. The highest BCUT2D eigenvalue weighted by molar-refractivity contribution is 9.10. The molecule has 6 heteroatoms. The number of fused-ring (bicyclic) bond motifs is 2. The van der Waals surface area contributed by atoms with E-state index < -0.39 is 0 Å². The predicted octanol–water partition coefficient (Wildman–Crippen LogP) is 4.95. The molecule has 0 bridgehead atoms. The maximum Gasteiger partial charge on any atom is 0.262 e. The molecular formula is C21H15BrN2O3. The van der Waals surface area contributed by atoms with Gasteiger partial charge in [0.2, 0.25) is 6.79 Å². The Bertz CT molecular complexity index is 1040. The summed E-state index contributed by atoms with van der Waals surface area (Å²) in [5.41, 5.74) is 3.20. The predicted molar refractivity (Wildman–Crippen MR) is 106 cm³/mol. The number of hydrogen-bond donors (Lipinski definition) is 1. The number of halogens is 1. The van der Waals surface area contributed by atoms with Crippen LogP contribution in [-0.4, -0.2) is 12.7 Å². The van der Waals surface area contributed by atoms with Crippen LogP contribution >= 0.6 is 15.9 Å². The standard InChI is InChI=1S/C21H15BrN2O3/c22-14-6-8-15(9-7-14)24-20(13-5-10-18-19(11-13)27-12-26-18)23-17-4-2-1-3-16(17)21(24)25/h1-11,20,23H,12H2/t20-/m0/s1. The number of benzene rings is 3. The van der Waals surface area contributed by atoms with Gasteiger partial charge in [0.15, 0.2) is 11.5 Å². The number of carbonyl (C=O) groups is 1. The monoisotopic (exact) mass is 422 g/mol. The summed E-state index contributed by atoms with van der Waals surface area (Å²) in [4.78, 5) is 15.1. The minimum atomic E-state index is -0.358. The summed E-state index contributed by atoms with van der Waals surface area (Å²) in [5.74, 6) is 1.36. The number of carbonyl (C=O) groups excluding carboxylic acids is 1. The molecule has 2 heterocycles. The molecule has 0 fully saturated rings. The van der Waals surface area contributed by atoms with Crippen LogP contribution in [0.3, 0.4) is 0 Å². The molecule has 5 nitrogen and oxygen atoms in total. The lowest BCUT2D eigenvalue weighted by Crippen LogP contribution is -2.43. The molecular weight excluding hydrogens is 408 g/mol. The third-order valence-electron chi connectivity index (χ3n) is 4.74. The molecule has 27 heavy (non-hydrogen) atoms. The van der Waals surface area contributed by atoms with Gasteiger partial charge in [-0.2, -0.15) is 0 Å². The van der Waals surface area contributed by atoms with E-state index in [-0.39, 0.29) is 18.9 Å². The number of para-hydroxylation sites is 1. The fourth-order valence-electron chi connectivity index (χ4n) is 3.44. The van der Waals surface area contributed by atoms with Crippen molar-refractivity contribution in [1.29, 1.82) is 0 Å². The van der Waals surface area contributed by atoms with Gasteiger partial charge in [0, 0.05) is 15.8 Å². The molecule has 2 aliphatic rings. The summed E-state index contributed by atoms with van der Waals surface area (Å²) in [6, 6.07) is 21.0. The summed E-state index contributed by atoms with van der Waals surface area (Å²) in [5, 5.41) is 3.50. The Labute approximate surface area is 164 Å². The highest BCUT2D eigenvalue weighted by Crippen LogP contribution is 2.40. The first-order valence-electron chi connectivity index (χ1n) is 8.55. The molecule has 0 aliphatic carbocycles. The summed E-state index contributed by atoms with van der Waals surface area (Å²) in [7, 11) is 0. The molecule has 1 amide bonds. The smallest absolute Gasteiger partial charge is 0.262 e. The number of anilines is 2. The summed E-state index contributed by atoms with van der Waals surface area (Å²) >= 11 is 3.45. The first-order valence-corrected chi connectivity index (χ1v) is 9.34. The average Bonchev–Trinajstić information content (AvgIpc) is 3.17. The Kier molecular flexibility index (Phi) is 3.79. The van der Waals surface area contributed by atoms with E-state index >= 15 is 0 Å². The van der Waals surface area contributed by atoms with E-state index in [9.17, 15) is 4.79 Å². The molecule has 0 unspecified atom stereocenters. The topological polar surface area (TPSA) is 50.8 Å². The zero-order chi connectivity index (χ0) is 18.4. The van der Waals surface area contributed by atoms with Gasteiger partial charge in [-0.15, -0.1) is 0 Å². The first-order chi connectivity index (χ1) is 13.2. The Balaban J connectivity index is 1.64. The van der Waals surface area contributed by atoms with Crippen LogP contribution in [0, 0.1) is 0 Å². The van der Waals surface area contributed by atoms with Crippen LogP contribution in [0.15, 0.2) is 71.2 Å². The van der Waals surface area contributed by atoms with Crippen molar-refractivity contribution >= 4 is 33.2 Å². The second-order valence-electron chi connectivity index (χ2n) is 6.36. The lowest BCUT2D eigenvalue weighted by atomic mass is 10.0. The van der Waals surface area contributed by atoms with Gasteiger partial charge < -0.3 is 14.8 Å². The van der Waals surface area contributed by atoms with Gasteiger partial charge >= 0.3 is 0 Å². The quantitative estimate of drug-likeness (QED) is 0.634. The van der Waals surface area contributed by atoms with E-state index in [0.717, 1.165) is 27.2 Å². The minimum absolute atomic E-state index is 0.0469. The molecule has 3 aromatic rings. The van der Waals surface area contributed by atoms with Gasteiger partial charge in [0.25, 0.3) is 5.91 Å². The summed E-state index contributed by atoms with van der Waals surface area (Å²) < 4.78 is 11.9. The van der Waals surface area contributed by atoms with Crippen molar-refractivity contribution in [2.24, 2.45) is 0 Å². The highest BCUT2D eigenvalue weighted by Gasteiger charge is 2.34. The average molecular weight is 423 g/mol. The lowest BCUT2D eigenvalue weighted by Gasteiger charge is -2.38. The van der Waals surface area contributed by atoms with Crippen molar-refractivity contribution in [3.8, 4) is 11.5 Å². The largest absolute Gasteiger partial charge is 0.454 e. The number of amides is 1. The van der Waals surface area contributed by atoms with Crippen LogP contribution in [0.25, 0.3) is 0 Å². The maximum absolute atomic E-state index is 13.3.